The Hall–Kier alpha value is -3.34. The molecule has 1 saturated heterocycles. The van der Waals surface area contributed by atoms with Gasteiger partial charge in [-0.25, -0.2) is 0 Å². The second-order valence-corrected chi connectivity index (χ2v) is 7.75. The molecule has 1 fully saturated rings. The first-order valence-corrected chi connectivity index (χ1v) is 10.3. The van der Waals surface area contributed by atoms with E-state index in [-0.39, 0.29) is 25.0 Å². The van der Waals surface area contributed by atoms with Crippen LogP contribution in [0.4, 0.5) is 13.2 Å². The smallest absolute Gasteiger partial charge is 0.471 e. The number of carbonyl (C=O) groups is 3. The standard InChI is InChI=1S/C23H24F3NO7/c1-13(28)34-22(33-4)12-15-7-8-27(21(30)23(24,25)26)17(16(15)11-20(22)29)9-14-5-6-18(31-2)19(10-14)32-3/h5-6,10-12,17H,7-9H2,1-4H3. The van der Waals surface area contributed by atoms with E-state index in [9.17, 15) is 27.6 Å². The lowest BCUT2D eigenvalue weighted by atomic mass is 9.81. The Morgan fingerprint density at radius 2 is 1.82 bits per heavy atom. The number of hydrogen-bond donors (Lipinski definition) is 0. The maximum Gasteiger partial charge on any atom is 0.471 e. The Morgan fingerprint density at radius 1 is 1.15 bits per heavy atom. The van der Waals surface area contributed by atoms with E-state index in [0.29, 0.717) is 27.5 Å². The maximum absolute atomic E-state index is 13.4. The SMILES string of the molecule is COc1ccc(CC2C3=CC(=O)C(OC)(OC(C)=O)C=C3CCN2C(=O)C(F)(F)F)cc1OC. The lowest BCUT2D eigenvalue weighted by Gasteiger charge is -2.42. The summed E-state index contributed by atoms with van der Waals surface area (Å²) in [6.45, 7) is 0.851. The molecular formula is C23H24F3NO7. The van der Waals surface area contributed by atoms with Gasteiger partial charge < -0.3 is 23.8 Å². The van der Waals surface area contributed by atoms with Gasteiger partial charge in [0.2, 0.25) is 5.78 Å². The number of likely N-dealkylation sites (tertiary alicyclic amines) is 1. The van der Waals surface area contributed by atoms with Crippen molar-refractivity contribution in [1.29, 1.82) is 0 Å². The van der Waals surface area contributed by atoms with Crippen LogP contribution in [0.3, 0.4) is 0 Å². The number of rotatable bonds is 6. The second-order valence-electron chi connectivity index (χ2n) is 7.75. The van der Waals surface area contributed by atoms with Gasteiger partial charge in [-0.1, -0.05) is 6.07 Å². The number of methoxy groups -OCH3 is 3. The number of alkyl halides is 3. The molecule has 11 heteroatoms. The van der Waals surface area contributed by atoms with Crippen molar-refractivity contribution in [2.75, 3.05) is 27.9 Å². The van der Waals surface area contributed by atoms with Crippen LogP contribution in [-0.4, -0.2) is 68.4 Å². The van der Waals surface area contributed by atoms with Crippen molar-refractivity contribution < 1.29 is 46.5 Å². The number of fused-ring (bicyclic) bond motifs is 1. The van der Waals surface area contributed by atoms with Crippen molar-refractivity contribution in [1.82, 2.24) is 4.90 Å². The molecule has 1 heterocycles. The Balaban J connectivity index is 2.06. The number of hydrogen-bond acceptors (Lipinski definition) is 7. The van der Waals surface area contributed by atoms with Gasteiger partial charge in [0.05, 0.1) is 20.3 Å². The third-order valence-electron chi connectivity index (χ3n) is 5.70. The molecule has 1 aliphatic carbocycles. The minimum atomic E-state index is -5.09. The van der Waals surface area contributed by atoms with E-state index < -0.39 is 35.7 Å². The van der Waals surface area contributed by atoms with Crippen LogP contribution >= 0.6 is 0 Å². The molecule has 0 saturated carbocycles. The summed E-state index contributed by atoms with van der Waals surface area (Å²) in [6, 6.07) is 3.72. The number of ketones is 1. The van der Waals surface area contributed by atoms with E-state index in [1.165, 1.54) is 27.4 Å². The molecular weight excluding hydrogens is 459 g/mol. The molecule has 0 N–H and O–H groups in total. The highest BCUT2D eigenvalue weighted by molar-refractivity contribution is 6.02. The molecule has 0 bridgehead atoms. The van der Waals surface area contributed by atoms with Gasteiger partial charge in [-0.05, 0) is 53.8 Å². The Bertz CT molecular complexity index is 1060. The van der Waals surface area contributed by atoms with Gasteiger partial charge in [-0.2, -0.15) is 13.2 Å². The molecule has 1 aliphatic heterocycles. The molecule has 2 atom stereocenters. The van der Waals surface area contributed by atoms with Crippen molar-refractivity contribution in [3.63, 3.8) is 0 Å². The molecule has 3 rings (SSSR count). The zero-order valence-electron chi connectivity index (χ0n) is 19.0. The number of benzene rings is 1. The van der Waals surface area contributed by atoms with Crippen LogP contribution in [0.2, 0.25) is 0 Å². The quantitative estimate of drug-likeness (QED) is 0.454. The lowest BCUT2D eigenvalue weighted by molar-refractivity contribution is -0.199. The Labute approximate surface area is 193 Å². The molecule has 2 unspecified atom stereocenters. The summed E-state index contributed by atoms with van der Waals surface area (Å²) in [6.07, 6.45) is -2.74. The van der Waals surface area contributed by atoms with E-state index in [1.54, 1.807) is 18.2 Å². The van der Waals surface area contributed by atoms with Gasteiger partial charge >= 0.3 is 18.1 Å². The van der Waals surface area contributed by atoms with Crippen molar-refractivity contribution >= 4 is 17.7 Å². The van der Waals surface area contributed by atoms with Crippen LogP contribution in [0.15, 0.2) is 41.5 Å². The predicted octanol–water partition coefficient (Wildman–Crippen LogP) is 2.75. The molecule has 0 spiro atoms. The number of piperidine rings is 1. The largest absolute Gasteiger partial charge is 0.493 e. The second kappa shape index (κ2) is 9.49. The summed E-state index contributed by atoms with van der Waals surface area (Å²) in [7, 11) is 4.05. The monoisotopic (exact) mass is 483 g/mol. The normalized spacial score (nSPS) is 22.4. The number of nitrogens with zero attached hydrogens (tertiary/aromatic N) is 1. The fraction of sp³-hybridized carbons (Fsp3) is 0.435. The van der Waals surface area contributed by atoms with Crippen LogP contribution < -0.4 is 9.47 Å². The summed E-state index contributed by atoms with van der Waals surface area (Å²) < 4.78 is 60.9. The maximum atomic E-state index is 13.4. The number of amides is 1. The van der Waals surface area contributed by atoms with Crippen molar-refractivity contribution in [2.45, 2.75) is 37.8 Å². The lowest BCUT2D eigenvalue weighted by Crippen LogP contribution is -2.54. The van der Waals surface area contributed by atoms with E-state index in [1.807, 2.05) is 0 Å². The predicted molar refractivity (Wildman–Crippen MR) is 112 cm³/mol. The van der Waals surface area contributed by atoms with Crippen LogP contribution in [0.25, 0.3) is 0 Å². The first-order valence-electron chi connectivity index (χ1n) is 10.3. The molecule has 1 aromatic rings. The Morgan fingerprint density at radius 3 is 2.38 bits per heavy atom. The minimum absolute atomic E-state index is 0.00966. The average molecular weight is 483 g/mol. The first-order chi connectivity index (χ1) is 16.0. The number of carbonyl (C=O) groups excluding carboxylic acids is 3. The molecule has 2 aliphatic rings. The van der Waals surface area contributed by atoms with Gasteiger partial charge in [0, 0.05) is 20.6 Å². The summed E-state index contributed by atoms with van der Waals surface area (Å²) in [5.74, 6) is -4.76. The number of halogens is 3. The minimum Gasteiger partial charge on any atom is -0.493 e. The van der Waals surface area contributed by atoms with Crippen LogP contribution in [0.1, 0.15) is 18.9 Å². The zero-order valence-corrected chi connectivity index (χ0v) is 19.0. The molecule has 34 heavy (non-hydrogen) atoms. The van der Waals surface area contributed by atoms with E-state index in [4.69, 9.17) is 18.9 Å². The van der Waals surface area contributed by atoms with Gasteiger partial charge in [0.15, 0.2) is 11.5 Å². The first kappa shape index (κ1) is 25.3. The molecule has 0 aromatic heterocycles. The van der Waals surface area contributed by atoms with E-state index >= 15 is 0 Å². The Kier molecular flexibility index (Phi) is 7.06. The third-order valence-corrected chi connectivity index (χ3v) is 5.70. The molecule has 0 radical (unpaired) electrons. The molecule has 8 nitrogen and oxygen atoms in total. The molecule has 1 amide bonds. The third kappa shape index (κ3) is 4.79. The van der Waals surface area contributed by atoms with Gasteiger partial charge in [-0.15, -0.1) is 0 Å². The summed E-state index contributed by atoms with van der Waals surface area (Å²) in [5, 5.41) is 0. The highest BCUT2D eigenvalue weighted by atomic mass is 19.4. The van der Waals surface area contributed by atoms with Crippen LogP contribution in [0.5, 0.6) is 11.5 Å². The van der Waals surface area contributed by atoms with Gasteiger partial charge in [-0.3, -0.25) is 14.4 Å². The number of ether oxygens (including phenoxy) is 4. The molecule has 184 valence electrons. The zero-order chi connectivity index (χ0) is 25.3. The number of esters is 1. The van der Waals surface area contributed by atoms with Crippen LogP contribution in [-0.2, 0) is 30.3 Å². The highest BCUT2D eigenvalue weighted by Gasteiger charge is 2.50. The summed E-state index contributed by atoms with van der Waals surface area (Å²) >= 11 is 0. The van der Waals surface area contributed by atoms with Crippen molar-refractivity contribution in [3.05, 3.63) is 47.1 Å². The average Bonchev–Trinajstić information content (AvgIpc) is 2.78. The van der Waals surface area contributed by atoms with Crippen molar-refractivity contribution in [2.24, 2.45) is 0 Å². The van der Waals surface area contributed by atoms with E-state index in [0.717, 1.165) is 13.0 Å². The summed E-state index contributed by atoms with van der Waals surface area (Å²) in [5.41, 5.74) is 1.24. The fourth-order valence-electron chi connectivity index (χ4n) is 4.16. The topological polar surface area (TPSA) is 91.4 Å². The molecule has 1 aromatic carbocycles. The summed E-state index contributed by atoms with van der Waals surface area (Å²) in [4.78, 5) is 37.4. The van der Waals surface area contributed by atoms with Crippen molar-refractivity contribution in [3.8, 4) is 11.5 Å². The van der Waals surface area contributed by atoms with E-state index in [2.05, 4.69) is 0 Å². The fourth-order valence-corrected chi connectivity index (χ4v) is 4.16. The highest BCUT2D eigenvalue weighted by Crippen LogP contribution is 2.39. The van der Waals surface area contributed by atoms with Gasteiger partial charge in [0.25, 0.3) is 5.79 Å². The van der Waals surface area contributed by atoms with Crippen LogP contribution in [0, 0.1) is 0 Å². The van der Waals surface area contributed by atoms with Gasteiger partial charge in [0.1, 0.15) is 0 Å².